The predicted molar refractivity (Wildman–Crippen MR) is 76.4 cm³/mol. The second kappa shape index (κ2) is 5.28. The third-order valence-corrected chi connectivity index (χ3v) is 3.06. The fourth-order valence-electron chi connectivity index (χ4n) is 2.03. The Hall–Kier alpha value is -2.83. The highest BCUT2D eigenvalue weighted by Crippen LogP contribution is 2.20. The summed E-state index contributed by atoms with van der Waals surface area (Å²) in [5.74, 6) is -0.988. The van der Waals surface area contributed by atoms with Crippen LogP contribution in [0.15, 0.2) is 34.9 Å². The number of rotatable bonds is 5. The SMILES string of the molecule is Cn1ccc(CCNc2nc3ccc(C(=O)O)cc3o2)n1. The van der Waals surface area contributed by atoms with E-state index in [2.05, 4.69) is 15.4 Å². The van der Waals surface area contributed by atoms with Crippen molar-refractivity contribution in [3.8, 4) is 0 Å². The summed E-state index contributed by atoms with van der Waals surface area (Å²) in [4.78, 5) is 15.1. The Kier molecular flexibility index (Phi) is 3.31. The number of aromatic nitrogens is 3. The minimum absolute atomic E-state index is 0.179. The van der Waals surface area contributed by atoms with E-state index in [9.17, 15) is 4.79 Å². The van der Waals surface area contributed by atoms with Crippen molar-refractivity contribution < 1.29 is 14.3 Å². The normalized spacial score (nSPS) is 10.9. The summed E-state index contributed by atoms with van der Waals surface area (Å²) in [6.45, 7) is 0.635. The maximum absolute atomic E-state index is 10.9. The molecule has 0 atom stereocenters. The van der Waals surface area contributed by atoms with E-state index < -0.39 is 5.97 Å². The van der Waals surface area contributed by atoms with Gasteiger partial charge in [0, 0.05) is 26.2 Å². The quantitative estimate of drug-likeness (QED) is 0.744. The highest BCUT2D eigenvalue weighted by molar-refractivity contribution is 5.92. The summed E-state index contributed by atoms with van der Waals surface area (Å²) in [6.07, 6.45) is 2.64. The monoisotopic (exact) mass is 286 g/mol. The summed E-state index contributed by atoms with van der Waals surface area (Å²) >= 11 is 0. The van der Waals surface area contributed by atoms with Gasteiger partial charge in [0.05, 0.1) is 11.3 Å². The number of aryl methyl sites for hydroxylation is 1. The van der Waals surface area contributed by atoms with Crippen LogP contribution in [0.5, 0.6) is 0 Å². The Morgan fingerprint density at radius 2 is 2.29 bits per heavy atom. The number of aromatic carboxylic acids is 1. The third-order valence-electron chi connectivity index (χ3n) is 3.06. The van der Waals surface area contributed by atoms with Crippen LogP contribution in [0.4, 0.5) is 6.01 Å². The van der Waals surface area contributed by atoms with Crippen LogP contribution in [0.3, 0.4) is 0 Å². The highest BCUT2D eigenvalue weighted by Gasteiger charge is 2.09. The molecule has 0 bridgehead atoms. The average molecular weight is 286 g/mol. The van der Waals surface area contributed by atoms with E-state index in [0.29, 0.717) is 23.7 Å². The molecule has 0 amide bonds. The second-order valence-electron chi connectivity index (χ2n) is 4.66. The van der Waals surface area contributed by atoms with Crippen molar-refractivity contribution >= 4 is 23.1 Å². The summed E-state index contributed by atoms with van der Waals surface area (Å²) in [6, 6.07) is 6.93. The summed E-state index contributed by atoms with van der Waals surface area (Å²) in [5, 5.41) is 16.3. The molecule has 0 aliphatic heterocycles. The minimum atomic E-state index is -0.988. The molecule has 3 aromatic rings. The lowest BCUT2D eigenvalue weighted by molar-refractivity contribution is 0.0697. The first kappa shape index (κ1) is 13.2. The van der Waals surface area contributed by atoms with Gasteiger partial charge in [0.2, 0.25) is 0 Å². The van der Waals surface area contributed by atoms with Crippen LogP contribution in [-0.2, 0) is 13.5 Å². The number of oxazole rings is 1. The van der Waals surface area contributed by atoms with E-state index in [1.54, 1.807) is 10.7 Å². The van der Waals surface area contributed by atoms with Crippen LogP contribution >= 0.6 is 0 Å². The molecule has 0 radical (unpaired) electrons. The van der Waals surface area contributed by atoms with Crippen LogP contribution in [-0.4, -0.2) is 32.4 Å². The first-order valence-corrected chi connectivity index (χ1v) is 6.48. The molecule has 0 saturated heterocycles. The van der Waals surface area contributed by atoms with Gasteiger partial charge >= 0.3 is 5.97 Å². The standard InChI is InChI=1S/C14H14N4O3/c1-18-7-5-10(17-18)4-6-15-14-16-11-3-2-9(13(19)20)8-12(11)21-14/h2-3,5,7-8H,4,6H2,1H3,(H,15,16)(H,19,20). The summed E-state index contributed by atoms with van der Waals surface area (Å²) < 4.78 is 7.24. The van der Waals surface area contributed by atoms with Crippen molar-refractivity contribution in [3.63, 3.8) is 0 Å². The molecule has 7 heteroatoms. The molecule has 2 aromatic heterocycles. The molecule has 0 aliphatic carbocycles. The van der Waals surface area contributed by atoms with E-state index in [1.807, 2.05) is 19.3 Å². The zero-order valence-corrected chi connectivity index (χ0v) is 11.4. The zero-order valence-electron chi connectivity index (χ0n) is 11.4. The molecule has 0 aliphatic rings. The Morgan fingerprint density at radius 3 is 3.00 bits per heavy atom. The molecular formula is C14H14N4O3. The van der Waals surface area contributed by atoms with E-state index in [-0.39, 0.29) is 5.56 Å². The predicted octanol–water partition coefficient (Wildman–Crippen LogP) is 1.91. The van der Waals surface area contributed by atoms with Crippen LogP contribution in [0.25, 0.3) is 11.1 Å². The lowest BCUT2D eigenvalue weighted by Crippen LogP contribution is -2.05. The van der Waals surface area contributed by atoms with Gasteiger partial charge in [-0.2, -0.15) is 10.1 Å². The highest BCUT2D eigenvalue weighted by atomic mass is 16.4. The number of benzene rings is 1. The Balaban J connectivity index is 1.68. The van der Waals surface area contributed by atoms with Crippen molar-refractivity contribution in [2.24, 2.45) is 7.05 Å². The van der Waals surface area contributed by atoms with Gasteiger partial charge in [-0.25, -0.2) is 4.79 Å². The largest absolute Gasteiger partial charge is 0.478 e. The molecule has 1 aromatic carbocycles. The third kappa shape index (κ3) is 2.86. The first-order valence-electron chi connectivity index (χ1n) is 6.48. The van der Waals surface area contributed by atoms with Gasteiger partial charge in [0.15, 0.2) is 5.58 Å². The summed E-state index contributed by atoms with van der Waals surface area (Å²) in [7, 11) is 1.87. The molecular weight excluding hydrogens is 272 g/mol. The lowest BCUT2D eigenvalue weighted by Gasteiger charge is -1.98. The van der Waals surface area contributed by atoms with Crippen molar-refractivity contribution in [1.29, 1.82) is 0 Å². The fourth-order valence-corrected chi connectivity index (χ4v) is 2.03. The van der Waals surface area contributed by atoms with E-state index in [0.717, 1.165) is 12.1 Å². The molecule has 0 spiro atoms. The number of carboxylic acid groups (broad SMARTS) is 1. The van der Waals surface area contributed by atoms with Crippen molar-refractivity contribution in [1.82, 2.24) is 14.8 Å². The fraction of sp³-hybridized carbons (Fsp3) is 0.214. The molecule has 0 unspecified atom stereocenters. The first-order chi connectivity index (χ1) is 10.1. The van der Waals surface area contributed by atoms with Crippen LogP contribution in [0.2, 0.25) is 0 Å². The number of nitrogens with one attached hydrogen (secondary N) is 1. The van der Waals surface area contributed by atoms with Gasteiger partial charge < -0.3 is 14.8 Å². The molecule has 21 heavy (non-hydrogen) atoms. The van der Waals surface area contributed by atoms with Gasteiger partial charge in [-0.1, -0.05) is 0 Å². The number of nitrogens with zero attached hydrogens (tertiary/aromatic N) is 3. The van der Waals surface area contributed by atoms with E-state index in [1.165, 1.54) is 12.1 Å². The maximum atomic E-state index is 10.9. The number of carbonyl (C=O) groups is 1. The van der Waals surface area contributed by atoms with E-state index in [4.69, 9.17) is 9.52 Å². The second-order valence-corrected chi connectivity index (χ2v) is 4.66. The topological polar surface area (TPSA) is 93.2 Å². The van der Waals surface area contributed by atoms with Crippen LogP contribution in [0.1, 0.15) is 16.1 Å². The Morgan fingerprint density at radius 1 is 1.43 bits per heavy atom. The molecule has 2 N–H and O–H groups in total. The lowest BCUT2D eigenvalue weighted by atomic mass is 10.2. The van der Waals surface area contributed by atoms with Crippen molar-refractivity contribution in [2.45, 2.75) is 6.42 Å². The van der Waals surface area contributed by atoms with Crippen LogP contribution in [0, 0.1) is 0 Å². The van der Waals surface area contributed by atoms with Gasteiger partial charge in [-0.3, -0.25) is 4.68 Å². The average Bonchev–Trinajstić information content (AvgIpc) is 3.03. The zero-order chi connectivity index (χ0) is 14.8. The molecule has 108 valence electrons. The van der Waals surface area contributed by atoms with Gasteiger partial charge in [-0.15, -0.1) is 0 Å². The van der Waals surface area contributed by atoms with Crippen LogP contribution < -0.4 is 5.32 Å². The van der Waals surface area contributed by atoms with Gasteiger partial charge in [-0.05, 0) is 24.3 Å². The molecule has 0 fully saturated rings. The van der Waals surface area contributed by atoms with E-state index >= 15 is 0 Å². The Labute approximate surface area is 120 Å². The number of carboxylic acids is 1. The molecule has 3 rings (SSSR count). The molecule has 2 heterocycles. The molecule has 7 nitrogen and oxygen atoms in total. The number of hydrogen-bond acceptors (Lipinski definition) is 5. The summed E-state index contributed by atoms with van der Waals surface area (Å²) in [5.41, 5.74) is 2.24. The molecule has 0 saturated carbocycles. The number of hydrogen-bond donors (Lipinski definition) is 2. The number of fused-ring (bicyclic) bond motifs is 1. The smallest absolute Gasteiger partial charge is 0.335 e. The Bertz CT molecular complexity index is 790. The van der Waals surface area contributed by atoms with Gasteiger partial charge in [0.25, 0.3) is 6.01 Å². The van der Waals surface area contributed by atoms with Gasteiger partial charge in [0.1, 0.15) is 5.52 Å². The minimum Gasteiger partial charge on any atom is -0.478 e. The van der Waals surface area contributed by atoms with Crippen molar-refractivity contribution in [2.75, 3.05) is 11.9 Å². The van der Waals surface area contributed by atoms with Crippen molar-refractivity contribution in [3.05, 3.63) is 41.7 Å². The maximum Gasteiger partial charge on any atom is 0.335 e. The number of anilines is 1.